The van der Waals surface area contributed by atoms with Crippen LogP contribution in [0.1, 0.15) is 57.1 Å². The van der Waals surface area contributed by atoms with E-state index >= 15 is 0 Å². The Bertz CT molecular complexity index is 699. The lowest BCUT2D eigenvalue weighted by molar-refractivity contribution is 0.321. The second-order valence-corrected chi connectivity index (χ2v) is 8.30. The lowest BCUT2D eigenvalue weighted by atomic mass is 9.77. The fraction of sp³-hybridized carbons (Fsp3) is 0.556. The lowest BCUT2D eigenvalue weighted by Gasteiger charge is -2.34. The number of sulfonamides is 1. The van der Waals surface area contributed by atoms with Crippen molar-refractivity contribution < 1.29 is 8.42 Å². The molecule has 1 aliphatic carbocycles. The highest BCUT2D eigenvalue weighted by molar-refractivity contribution is 7.99. The molecular formula is C18H26N2O2S. The van der Waals surface area contributed by atoms with Gasteiger partial charge in [-0.2, -0.15) is 0 Å². The van der Waals surface area contributed by atoms with Crippen LogP contribution in [0.2, 0.25) is 0 Å². The van der Waals surface area contributed by atoms with Crippen LogP contribution >= 0.6 is 0 Å². The summed E-state index contributed by atoms with van der Waals surface area (Å²) in [6, 6.07) is 7.90. The Labute approximate surface area is 139 Å². The summed E-state index contributed by atoms with van der Waals surface area (Å²) in [5.74, 6) is 0. The monoisotopic (exact) mass is 334 g/mol. The van der Waals surface area contributed by atoms with Gasteiger partial charge in [0.25, 0.3) is 0 Å². The molecule has 0 aromatic heterocycles. The topological polar surface area (TPSA) is 58.2 Å². The van der Waals surface area contributed by atoms with E-state index in [0.717, 1.165) is 49.9 Å². The average molecular weight is 334 g/mol. The first-order valence-corrected chi connectivity index (χ1v) is 10.0. The van der Waals surface area contributed by atoms with Gasteiger partial charge in [-0.25, -0.2) is 13.1 Å². The predicted octanol–water partition coefficient (Wildman–Crippen LogP) is 3.16. The Morgan fingerprint density at radius 1 is 1.13 bits per heavy atom. The average Bonchev–Trinajstić information content (AvgIpc) is 2.72. The third-order valence-electron chi connectivity index (χ3n) is 5.16. The molecule has 126 valence electrons. The second-order valence-electron chi connectivity index (χ2n) is 6.68. The van der Waals surface area contributed by atoms with Crippen molar-refractivity contribution in [1.29, 1.82) is 0 Å². The van der Waals surface area contributed by atoms with E-state index in [4.69, 9.17) is 0 Å². The van der Waals surface area contributed by atoms with E-state index in [2.05, 4.69) is 17.0 Å². The van der Waals surface area contributed by atoms with Crippen molar-refractivity contribution in [3.05, 3.63) is 41.0 Å². The molecule has 5 heteroatoms. The molecule has 23 heavy (non-hydrogen) atoms. The Hall–Kier alpha value is -1.17. The predicted molar refractivity (Wildman–Crippen MR) is 94.3 cm³/mol. The molecule has 1 fully saturated rings. The van der Waals surface area contributed by atoms with Crippen LogP contribution in [-0.2, 0) is 16.6 Å². The molecule has 0 bridgehead atoms. The van der Waals surface area contributed by atoms with Crippen molar-refractivity contribution in [3.63, 3.8) is 0 Å². The quantitative estimate of drug-likeness (QED) is 0.889. The fourth-order valence-electron chi connectivity index (χ4n) is 3.85. The van der Waals surface area contributed by atoms with Gasteiger partial charge in [-0.3, -0.25) is 0 Å². The van der Waals surface area contributed by atoms with Crippen LogP contribution in [0.5, 0.6) is 0 Å². The zero-order chi connectivity index (χ0) is 16.5. The Morgan fingerprint density at radius 3 is 2.39 bits per heavy atom. The summed E-state index contributed by atoms with van der Waals surface area (Å²) in [4.78, 5) is 0.495. The van der Waals surface area contributed by atoms with Crippen LogP contribution in [0.15, 0.2) is 29.8 Å². The highest BCUT2D eigenvalue weighted by atomic mass is 32.2. The minimum atomic E-state index is -3.41. The van der Waals surface area contributed by atoms with E-state index in [0.29, 0.717) is 4.91 Å². The fourth-order valence-corrected chi connectivity index (χ4v) is 5.87. The van der Waals surface area contributed by atoms with Gasteiger partial charge in [0, 0.05) is 6.54 Å². The molecule has 0 unspecified atom stereocenters. The van der Waals surface area contributed by atoms with Crippen molar-refractivity contribution in [1.82, 2.24) is 10.0 Å². The first-order valence-electron chi connectivity index (χ1n) is 8.54. The third kappa shape index (κ3) is 3.10. The Balaban J connectivity index is 1.96. The molecule has 3 rings (SSSR count). The second kappa shape index (κ2) is 6.38. The van der Waals surface area contributed by atoms with Crippen molar-refractivity contribution >= 4 is 14.9 Å². The number of hydrogen-bond donors (Lipinski definition) is 2. The molecule has 0 amide bonds. The molecule has 1 aromatic carbocycles. The maximum absolute atomic E-state index is 12.7. The first-order chi connectivity index (χ1) is 11.0. The van der Waals surface area contributed by atoms with Crippen molar-refractivity contribution in [3.8, 4) is 0 Å². The number of nitrogens with one attached hydrogen (secondary N) is 2. The van der Waals surface area contributed by atoms with Gasteiger partial charge in [-0.15, -0.1) is 0 Å². The first kappa shape index (κ1) is 16.7. The van der Waals surface area contributed by atoms with Crippen molar-refractivity contribution in [2.75, 3.05) is 6.54 Å². The molecule has 0 radical (unpaired) electrons. The molecule has 1 heterocycles. The maximum Gasteiger partial charge on any atom is 0.241 e. The molecule has 2 aliphatic rings. The van der Waals surface area contributed by atoms with Crippen LogP contribution in [-0.4, -0.2) is 20.5 Å². The molecule has 0 saturated heterocycles. The van der Waals surface area contributed by atoms with E-state index < -0.39 is 10.0 Å². The van der Waals surface area contributed by atoms with Gasteiger partial charge >= 0.3 is 0 Å². The van der Waals surface area contributed by atoms with Gasteiger partial charge in [-0.05, 0) is 43.0 Å². The van der Waals surface area contributed by atoms with Gasteiger partial charge in [0.15, 0.2) is 0 Å². The van der Waals surface area contributed by atoms with Gasteiger partial charge in [0.1, 0.15) is 0 Å². The summed E-state index contributed by atoms with van der Waals surface area (Å²) in [7, 11) is -3.41. The summed E-state index contributed by atoms with van der Waals surface area (Å²) in [6.07, 6.45) is 5.22. The highest BCUT2D eigenvalue weighted by Gasteiger charge is 2.47. The minimum Gasteiger partial charge on any atom is -0.313 e. The molecule has 1 saturated carbocycles. The SMILES string of the molecule is CCNCc1ccc(C2=C(C)C3(CCCCC3)NS2(=O)=O)cc1. The van der Waals surface area contributed by atoms with Crippen molar-refractivity contribution in [2.24, 2.45) is 0 Å². The Morgan fingerprint density at radius 2 is 1.78 bits per heavy atom. The number of rotatable bonds is 4. The van der Waals surface area contributed by atoms with Gasteiger partial charge in [0.2, 0.25) is 10.0 Å². The lowest BCUT2D eigenvalue weighted by Crippen LogP contribution is -2.45. The summed E-state index contributed by atoms with van der Waals surface area (Å²) >= 11 is 0. The van der Waals surface area contributed by atoms with Gasteiger partial charge in [0.05, 0.1) is 10.4 Å². The summed E-state index contributed by atoms with van der Waals surface area (Å²) in [5.41, 5.74) is 2.63. The summed E-state index contributed by atoms with van der Waals surface area (Å²) < 4.78 is 28.4. The Kier molecular flexibility index (Phi) is 4.63. The normalized spacial score (nSPS) is 22.7. The van der Waals surface area contributed by atoms with Crippen LogP contribution < -0.4 is 10.0 Å². The summed E-state index contributed by atoms with van der Waals surface area (Å²) in [5, 5.41) is 3.28. The zero-order valence-electron chi connectivity index (χ0n) is 14.0. The zero-order valence-corrected chi connectivity index (χ0v) is 14.8. The van der Waals surface area contributed by atoms with Crippen LogP contribution in [0.3, 0.4) is 0 Å². The number of benzene rings is 1. The van der Waals surface area contributed by atoms with E-state index in [1.54, 1.807) is 0 Å². The smallest absolute Gasteiger partial charge is 0.241 e. The van der Waals surface area contributed by atoms with Crippen LogP contribution in [0.4, 0.5) is 0 Å². The summed E-state index contributed by atoms with van der Waals surface area (Å²) in [6.45, 7) is 5.80. The largest absolute Gasteiger partial charge is 0.313 e. The van der Waals surface area contributed by atoms with Gasteiger partial charge < -0.3 is 5.32 Å². The third-order valence-corrected chi connectivity index (χ3v) is 6.90. The molecule has 1 aromatic rings. The van der Waals surface area contributed by atoms with E-state index in [1.807, 2.05) is 31.2 Å². The van der Waals surface area contributed by atoms with Crippen molar-refractivity contribution in [2.45, 2.75) is 58.0 Å². The molecule has 4 nitrogen and oxygen atoms in total. The van der Waals surface area contributed by atoms with E-state index in [9.17, 15) is 8.42 Å². The molecule has 1 aliphatic heterocycles. The maximum atomic E-state index is 12.7. The van der Waals surface area contributed by atoms with Crippen LogP contribution in [0.25, 0.3) is 4.91 Å². The molecule has 2 N–H and O–H groups in total. The highest BCUT2D eigenvalue weighted by Crippen LogP contribution is 2.45. The molecular weight excluding hydrogens is 308 g/mol. The standard InChI is InChI=1S/C18H26N2O2S/c1-3-19-13-15-7-9-16(10-8-15)17-14(2)18(20-23(17,21)22)11-5-4-6-12-18/h7-10,19-20H,3-6,11-13H2,1-2H3. The minimum absolute atomic E-state index is 0.338. The molecule has 1 spiro atoms. The van der Waals surface area contributed by atoms with E-state index in [1.165, 1.54) is 12.0 Å². The van der Waals surface area contributed by atoms with Gasteiger partial charge in [-0.1, -0.05) is 50.5 Å². The van der Waals surface area contributed by atoms with E-state index in [-0.39, 0.29) is 5.54 Å². The molecule has 0 atom stereocenters. The van der Waals surface area contributed by atoms with Crippen LogP contribution in [0, 0.1) is 0 Å². The number of hydrogen-bond acceptors (Lipinski definition) is 3.